The molecule has 1 rings (SSSR count). The summed E-state index contributed by atoms with van der Waals surface area (Å²) < 4.78 is 0. The van der Waals surface area contributed by atoms with Crippen LogP contribution in [0.5, 0.6) is 0 Å². The molecular formula is C16H27ClN4. The van der Waals surface area contributed by atoms with Crippen LogP contribution in [0.4, 0.5) is 0 Å². The maximum Gasteiger partial charge on any atom is 0.190 e. The molecule has 0 fully saturated rings. The quantitative estimate of drug-likeness (QED) is 0.367. The van der Waals surface area contributed by atoms with E-state index in [1.165, 1.54) is 6.42 Å². The van der Waals surface area contributed by atoms with Crippen molar-refractivity contribution in [3.8, 4) is 0 Å². The smallest absolute Gasteiger partial charge is 0.190 e. The summed E-state index contributed by atoms with van der Waals surface area (Å²) in [5.41, 5.74) is 1.55. The molecule has 1 heterocycles. The molecule has 4 nitrogen and oxygen atoms in total. The standard InChI is InChI=1S/C16H27ClN4/c1-16(2,3)9-5-10-19-15(18-4)20-11-8-13-6-7-14(17)21-12-13/h6-7,12H,5,8-11H2,1-4H3,(H2,18,19,20). The van der Waals surface area contributed by atoms with Gasteiger partial charge in [0.25, 0.3) is 0 Å². The first-order chi connectivity index (χ1) is 9.90. The maximum absolute atomic E-state index is 5.77. The summed E-state index contributed by atoms with van der Waals surface area (Å²) in [4.78, 5) is 8.30. The number of guanidine groups is 1. The van der Waals surface area contributed by atoms with Crippen LogP contribution in [0, 0.1) is 5.41 Å². The van der Waals surface area contributed by atoms with Gasteiger partial charge in [0.05, 0.1) is 0 Å². The number of halogens is 1. The normalized spacial score (nSPS) is 12.3. The van der Waals surface area contributed by atoms with Gasteiger partial charge < -0.3 is 10.6 Å². The summed E-state index contributed by atoms with van der Waals surface area (Å²) >= 11 is 5.77. The molecule has 0 aliphatic rings. The molecule has 0 saturated carbocycles. The lowest BCUT2D eigenvalue weighted by molar-refractivity contribution is 0.365. The number of nitrogens with zero attached hydrogens (tertiary/aromatic N) is 2. The number of rotatable bonds is 6. The fraction of sp³-hybridized carbons (Fsp3) is 0.625. The molecule has 0 bridgehead atoms. The third-order valence-electron chi connectivity index (χ3n) is 3.11. The lowest BCUT2D eigenvalue weighted by atomic mass is 9.91. The lowest BCUT2D eigenvalue weighted by Crippen LogP contribution is -2.38. The van der Waals surface area contributed by atoms with Gasteiger partial charge in [0.2, 0.25) is 0 Å². The van der Waals surface area contributed by atoms with Crippen LogP contribution < -0.4 is 10.6 Å². The van der Waals surface area contributed by atoms with Crippen LogP contribution in [0.1, 0.15) is 39.2 Å². The SMILES string of the molecule is CN=C(NCCCC(C)(C)C)NCCc1ccc(Cl)nc1. The Bertz CT molecular complexity index is 435. The third kappa shape index (κ3) is 8.56. The molecule has 0 radical (unpaired) electrons. The minimum Gasteiger partial charge on any atom is -0.356 e. The zero-order chi connectivity index (χ0) is 15.7. The van der Waals surface area contributed by atoms with Crippen LogP contribution in [0.25, 0.3) is 0 Å². The minimum absolute atomic E-state index is 0.389. The lowest BCUT2D eigenvalue weighted by Gasteiger charge is -2.18. The monoisotopic (exact) mass is 310 g/mol. The molecule has 0 aromatic carbocycles. The second kappa shape index (κ2) is 8.88. The molecule has 0 aliphatic carbocycles. The zero-order valence-electron chi connectivity index (χ0n) is 13.5. The van der Waals surface area contributed by atoms with Gasteiger partial charge in [-0.3, -0.25) is 4.99 Å². The minimum atomic E-state index is 0.389. The Morgan fingerprint density at radius 3 is 2.52 bits per heavy atom. The molecule has 0 spiro atoms. The van der Waals surface area contributed by atoms with Crippen LogP contribution in [-0.4, -0.2) is 31.1 Å². The van der Waals surface area contributed by atoms with E-state index in [0.29, 0.717) is 10.6 Å². The number of aromatic nitrogens is 1. The van der Waals surface area contributed by atoms with E-state index < -0.39 is 0 Å². The highest BCUT2D eigenvalue weighted by atomic mass is 35.5. The van der Waals surface area contributed by atoms with Crippen LogP contribution in [0.2, 0.25) is 5.15 Å². The topological polar surface area (TPSA) is 49.3 Å². The summed E-state index contributed by atoms with van der Waals surface area (Å²) in [7, 11) is 1.79. The molecule has 1 aromatic heterocycles. The van der Waals surface area contributed by atoms with Gasteiger partial charge in [-0.05, 0) is 36.3 Å². The Kier molecular flexibility index (Phi) is 7.51. The second-order valence-electron chi connectivity index (χ2n) is 6.33. The predicted octanol–water partition coefficient (Wildman–Crippen LogP) is 3.27. The molecule has 0 atom stereocenters. The van der Waals surface area contributed by atoms with E-state index >= 15 is 0 Å². The second-order valence-corrected chi connectivity index (χ2v) is 6.72. The van der Waals surface area contributed by atoms with E-state index in [0.717, 1.165) is 37.5 Å². The molecule has 0 aliphatic heterocycles. The number of pyridine rings is 1. The van der Waals surface area contributed by atoms with E-state index in [-0.39, 0.29) is 0 Å². The predicted molar refractivity (Wildman–Crippen MR) is 91.0 cm³/mol. The van der Waals surface area contributed by atoms with Crippen LogP contribution >= 0.6 is 11.6 Å². The van der Waals surface area contributed by atoms with Gasteiger partial charge in [-0.2, -0.15) is 0 Å². The number of aliphatic imine (C=N–C) groups is 1. The van der Waals surface area contributed by atoms with Gasteiger partial charge in [0.15, 0.2) is 5.96 Å². The summed E-state index contributed by atoms with van der Waals surface area (Å²) in [6, 6.07) is 3.81. The Morgan fingerprint density at radius 1 is 1.24 bits per heavy atom. The summed E-state index contributed by atoms with van der Waals surface area (Å²) in [5, 5.41) is 7.18. The molecule has 1 aromatic rings. The highest BCUT2D eigenvalue weighted by Crippen LogP contribution is 2.19. The fourth-order valence-corrected chi connectivity index (χ4v) is 2.04. The van der Waals surface area contributed by atoms with Gasteiger partial charge in [-0.1, -0.05) is 38.4 Å². The molecule has 21 heavy (non-hydrogen) atoms. The van der Waals surface area contributed by atoms with Gasteiger partial charge in [0, 0.05) is 26.3 Å². The Labute approximate surface area is 133 Å². The highest BCUT2D eigenvalue weighted by molar-refractivity contribution is 6.29. The Morgan fingerprint density at radius 2 is 1.95 bits per heavy atom. The molecular weight excluding hydrogens is 284 g/mol. The van der Waals surface area contributed by atoms with Crippen LogP contribution in [-0.2, 0) is 6.42 Å². The average molecular weight is 311 g/mol. The van der Waals surface area contributed by atoms with Crippen molar-refractivity contribution in [2.24, 2.45) is 10.4 Å². The van der Waals surface area contributed by atoms with Gasteiger partial charge in [0.1, 0.15) is 5.15 Å². The maximum atomic E-state index is 5.77. The molecule has 0 amide bonds. The van der Waals surface area contributed by atoms with Crippen molar-refractivity contribution in [3.63, 3.8) is 0 Å². The number of nitrogens with one attached hydrogen (secondary N) is 2. The van der Waals surface area contributed by atoms with Crippen molar-refractivity contribution < 1.29 is 0 Å². The Hall–Kier alpha value is -1.29. The van der Waals surface area contributed by atoms with E-state index in [4.69, 9.17) is 11.6 Å². The van der Waals surface area contributed by atoms with Gasteiger partial charge in [-0.25, -0.2) is 4.98 Å². The molecule has 2 N–H and O–H groups in total. The summed E-state index contributed by atoms with van der Waals surface area (Å²) in [6.45, 7) is 8.56. The van der Waals surface area contributed by atoms with Crippen molar-refractivity contribution >= 4 is 17.6 Å². The first kappa shape index (κ1) is 17.8. The van der Waals surface area contributed by atoms with E-state index in [1.807, 2.05) is 18.3 Å². The van der Waals surface area contributed by atoms with Crippen molar-refractivity contribution in [3.05, 3.63) is 29.0 Å². The Balaban J connectivity index is 2.21. The van der Waals surface area contributed by atoms with Crippen molar-refractivity contribution in [1.29, 1.82) is 0 Å². The zero-order valence-corrected chi connectivity index (χ0v) is 14.3. The largest absolute Gasteiger partial charge is 0.356 e. The van der Waals surface area contributed by atoms with E-state index in [9.17, 15) is 0 Å². The van der Waals surface area contributed by atoms with Gasteiger partial charge >= 0.3 is 0 Å². The van der Waals surface area contributed by atoms with E-state index in [2.05, 4.69) is 41.4 Å². The average Bonchev–Trinajstić information content (AvgIpc) is 2.42. The highest BCUT2D eigenvalue weighted by Gasteiger charge is 2.09. The van der Waals surface area contributed by atoms with Crippen LogP contribution in [0.3, 0.4) is 0 Å². The molecule has 5 heteroatoms. The van der Waals surface area contributed by atoms with Gasteiger partial charge in [-0.15, -0.1) is 0 Å². The first-order valence-corrected chi connectivity index (χ1v) is 7.83. The van der Waals surface area contributed by atoms with Crippen molar-refractivity contribution in [2.45, 2.75) is 40.0 Å². The summed E-state index contributed by atoms with van der Waals surface area (Å²) in [5.74, 6) is 0.853. The molecule has 0 unspecified atom stereocenters. The van der Waals surface area contributed by atoms with Crippen molar-refractivity contribution in [1.82, 2.24) is 15.6 Å². The van der Waals surface area contributed by atoms with Crippen molar-refractivity contribution in [2.75, 3.05) is 20.1 Å². The number of hydrogen-bond acceptors (Lipinski definition) is 2. The molecule has 118 valence electrons. The third-order valence-corrected chi connectivity index (χ3v) is 3.34. The summed E-state index contributed by atoms with van der Waals surface area (Å²) in [6.07, 6.45) is 5.05. The molecule has 0 saturated heterocycles. The first-order valence-electron chi connectivity index (χ1n) is 7.46. The fourth-order valence-electron chi connectivity index (χ4n) is 1.93. The van der Waals surface area contributed by atoms with E-state index in [1.54, 1.807) is 7.05 Å². The van der Waals surface area contributed by atoms with Crippen LogP contribution in [0.15, 0.2) is 23.3 Å². The number of hydrogen-bond donors (Lipinski definition) is 2.